The minimum absolute atomic E-state index is 0.0526. The minimum Gasteiger partial charge on any atom is -0.478 e. The molecule has 0 aliphatic rings. The molecule has 1 heterocycles. The highest BCUT2D eigenvalue weighted by Crippen LogP contribution is 2.11. The number of aromatic nitrogens is 2. The van der Waals surface area contributed by atoms with E-state index in [1.807, 2.05) is 10.9 Å². The summed E-state index contributed by atoms with van der Waals surface area (Å²) in [5.41, 5.74) is 0. The smallest absolute Gasteiger partial charge is 0.262 e. The van der Waals surface area contributed by atoms with Crippen LogP contribution in [0.5, 0.6) is 5.75 Å². The largest absolute Gasteiger partial charge is 0.478 e. The first-order valence-corrected chi connectivity index (χ1v) is 5.45. The van der Waals surface area contributed by atoms with Gasteiger partial charge in [-0.25, -0.2) is 0 Å². The topological polar surface area (TPSA) is 47.4 Å². The number of hydrogen-bond donors (Lipinski definition) is 0. The van der Waals surface area contributed by atoms with Crippen molar-refractivity contribution in [2.24, 2.45) is 0 Å². The van der Waals surface area contributed by atoms with Crippen molar-refractivity contribution in [1.29, 1.82) is 0 Å². The molecular formula is C11H19N3O2. The van der Waals surface area contributed by atoms with Crippen LogP contribution in [0, 0.1) is 0 Å². The predicted molar refractivity (Wildman–Crippen MR) is 61.3 cm³/mol. The number of ether oxygens (including phenoxy) is 1. The molecule has 0 aliphatic heterocycles. The number of aryl methyl sites for hydroxylation is 1. The van der Waals surface area contributed by atoms with Crippen LogP contribution >= 0.6 is 0 Å². The molecule has 16 heavy (non-hydrogen) atoms. The zero-order valence-corrected chi connectivity index (χ0v) is 10.3. The highest BCUT2D eigenvalue weighted by molar-refractivity contribution is 5.80. The summed E-state index contributed by atoms with van der Waals surface area (Å²) in [4.78, 5) is 13.1. The van der Waals surface area contributed by atoms with Gasteiger partial charge >= 0.3 is 0 Å². The Morgan fingerprint density at radius 1 is 1.62 bits per heavy atom. The van der Waals surface area contributed by atoms with Crippen molar-refractivity contribution in [3.8, 4) is 5.75 Å². The molecule has 0 aromatic carbocycles. The van der Waals surface area contributed by atoms with Gasteiger partial charge in [0.2, 0.25) is 0 Å². The van der Waals surface area contributed by atoms with Crippen LogP contribution in [0.2, 0.25) is 0 Å². The average Bonchev–Trinajstić information content (AvgIpc) is 2.65. The molecule has 0 saturated heterocycles. The first-order chi connectivity index (χ1) is 7.54. The van der Waals surface area contributed by atoms with Gasteiger partial charge in [0.05, 0.1) is 12.4 Å². The molecule has 0 radical (unpaired) electrons. The van der Waals surface area contributed by atoms with Crippen LogP contribution in [-0.2, 0) is 11.3 Å². The fourth-order valence-electron chi connectivity index (χ4n) is 1.37. The SMILES string of the molecule is CCCn1cc(OC(C)C(=O)N(C)C)cn1. The molecule has 0 spiro atoms. The van der Waals surface area contributed by atoms with Gasteiger partial charge in [0.25, 0.3) is 5.91 Å². The molecular weight excluding hydrogens is 206 g/mol. The molecule has 1 amide bonds. The number of nitrogens with zero attached hydrogens (tertiary/aromatic N) is 3. The van der Waals surface area contributed by atoms with Crippen LogP contribution in [0.4, 0.5) is 0 Å². The Bertz CT molecular complexity index is 347. The van der Waals surface area contributed by atoms with E-state index in [0.717, 1.165) is 13.0 Å². The molecule has 5 nitrogen and oxygen atoms in total. The number of rotatable bonds is 5. The van der Waals surface area contributed by atoms with Crippen LogP contribution in [0.1, 0.15) is 20.3 Å². The molecule has 0 N–H and O–H groups in total. The average molecular weight is 225 g/mol. The molecule has 0 fully saturated rings. The third kappa shape index (κ3) is 3.25. The normalized spacial score (nSPS) is 12.2. The summed E-state index contributed by atoms with van der Waals surface area (Å²) >= 11 is 0. The molecule has 1 unspecified atom stereocenters. The van der Waals surface area contributed by atoms with Crippen LogP contribution in [-0.4, -0.2) is 40.8 Å². The molecule has 90 valence electrons. The van der Waals surface area contributed by atoms with E-state index in [4.69, 9.17) is 4.74 Å². The van der Waals surface area contributed by atoms with Crippen molar-refractivity contribution in [2.75, 3.05) is 14.1 Å². The van der Waals surface area contributed by atoms with Gasteiger partial charge in [0, 0.05) is 20.6 Å². The number of carbonyl (C=O) groups excluding carboxylic acids is 1. The number of hydrogen-bond acceptors (Lipinski definition) is 3. The van der Waals surface area contributed by atoms with Crippen molar-refractivity contribution in [2.45, 2.75) is 32.9 Å². The van der Waals surface area contributed by atoms with Crippen molar-refractivity contribution >= 4 is 5.91 Å². The standard InChI is InChI=1S/C11H19N3O2/c1-5-6-14-8-10(7-12-14)16-9(2)11(15)13(3)4/h7-9H,5-6H2,1-4H3. The highest BCUT2D eigenvalue weighted by Gasteiger charge is 2.16. The van der Waals surface area contributed by atoms with Gasteiger partial charge in [-0.1, -0.05) is 6.92 Å². The fraction of sp³-hybridized carbons (Fsp3) is 0.636. The third-order valence-corrected chi connectivity index (χ3v) is 2.16. The third-order valence-electron chi connectivity index (χ3n) is 2.16. The minimum atomic E-state index is -0.478. The van der Waals surface area contributed by atoms with E-state index in [-0.39, 0.29) is 5.91 Å². The van der Waals surface area contributed by atoms with E-state index in [9.17, 15) is 4.79 Å². The fourth-order valence-corrected chi connectivity index (χ4v) is 1.37. The van der Waals surface area contributed by atoms with Gasteiger partial charge in [-0.2, -0.15) is 5.10 Å². The summed E-state index contributed by atoms with van der Waals surface area (Å²) in [6, 6.07) is 0. The van der Waals surface area contributed by atoms with Gasteiger partial charge in [-0.05, 0) is 13.3 Å². The first kappa shape index (κ1) is 12.5. The Labute approximate surface area is 96.0 Å². The van der Waals surface area contributed by atoms with E-state index >= 15 is 0 Å². The van der Waals surface area contributed by atoms with Crippen molar-refractivity contribution < 1.29 is 9.53 Å². The summed E-state index contributed by atoms with van der Waals surface area (Å²) in [6.45, 7) is 4.68. The first-order valence-electron chi connectivity index (χ1n) is 5.45. The molecule has 0 saturated carbocycles. The van der Waals surface area contributed by atoms with Gasteiger partial charge in [0.1, 0.15) is 0 Å². The summed E-state index contributed by atoms with van der Waals surface area (Å²) in [5.74, 6) is 0.583. The summed E-state index contributed by atoms with van der Waals surface area (Å²) in [5, 5.41) is 4.13. The quantitative estimate of drug-likeness (QED) is 0.755. The van der Waals surface area contributed by atoms with E-state index < -0.39 is 6.10 Å². The van der Waals surface area contributed by atoms with Gasteiger partial charge in [-0.15, -0.1) is 0 Å². The Morgan fingerprint density at radius 2 is 2.31 bits per heavy atom. The molecule has 1 atom stereocenters. The van der Waals surface area contributed by atoms with Gasteiger partial charge in [0.15, 0.2) is 11.9 Å². The highest BCUT2D eigenvalue weighted by atomic mass is 16.5. The summed E-state index contributed by atoms with van der Waals surface area (Å²) in [7, 11) is 3.42. The van der Waals surface area contributed by atoms with Crippen molar-refractivity contribution in [3.63, 3.8) is 0 Å². The maximum Gasteiger partial charge on any atom is 0.262 e. The Morgan fingerprint density at radius 3 is 2.88 bits per heavy atom. The molecule has 5 heteroatoms. The van der Waals surface area contributed by atoms with Gasteiger partial charge < -0.3 is 9.64 Å². The lowest BCUT2D eigenvalue weighted by atomic mass is 10.3. The van der Waals surface area contributed by atoms with Crippen LogP contribution in [0.3, 0.4) is 0 Å². The Balaban J connectivity index is 2.55. The summed E-state index contributed by atoms with van der Waals surface area (Å²) in [6.07, 6.45) is 3.99. The lowest BCUT2D eigenvalue weighted by Gasteiger charge is -2.17. The maximum atomic E-state index is 11.6. The molecule has 1 rings (SSSR count). The monoisotopic (exact) mass is 225 g/mol. The van der Waals surface area contributed by atoms with Crippen molar-refractivity contribution in [3.05, 3.63) is 12.4 Å². The number of amides is 1. The lowest BCUT2D eigenvalue weighted by molar-refractivity contribution is -0.135. The second-order valence-electron chi connectivity index (χ2n) is 3.93. The lowest BCUT2D eigenvalue weighted by Crippen LogP contribution is -2.35. The van der Waals surface area contributed by atoms with Crippen LogP contribution in [0.25, 0.3) is 0 Å². The number of likely N-dealkylation sites (N-methyl/N-ethyl adjacent to an activating group) is 1. The molecule has 0 bridgehead atoms. The summed E-state index contributed by atoms with van der Waals surface area (Å²) < 4.78 is 7.30. The Kier molecular flexibility index (Phi) is 4.34. The molecule has 1 aromatic heterocycles. The van der Waals surface area contributed by atoms with E-state index in [0.29, 0.717) is 5.75 Å². The maximum absolute atomic E-state index is 11.6. The zero-order valence-electron chi connectivity index (χ0n) is 10.3. The van der Waals surface area contributed by atoms with Crippen LogP contribution < -0.4 is 4.74 Å². The van der Waals surface area contributed by atoms with E-state index in [1.165, 1.54) is 4.90 Å². The molecule has 0 aliphatic carbocycles. The molecule has 1 aromatic rings. The van der Waals surface area contributed by atoms with Crippen molar-refractivity contribution in [1.82, 2.24) is 14.7 Å². The van der Waals surface area contributed by atoms with E-state index in [2.05, 4.69) is 12.0 Å². The second kappa shape index (κ2) is 5.53. The Hall–Kier alpha value is -1.52. The van der Waals surface area contributed by atoms with E-state index in [1.54, 1.807) is 27.2 Å². The van der Waals surface area contributed by atoms with Gasteiger partial charge in [-0.3, -0.25) is 9.48 Å². The second-order valence-corrected chi connectivity index (χ2v) is 3.93. The zero-order chi connectivity index (χ0) is 12.1. The number of carbonyl (C=O) groups is 1. The van der Waals surface area contributed by atoms with Crippen LogP contribution in [0.15, 0.2) is 12.4 Å². The predicted octanol–water partition coefficient (Wildman–Crippen LogP) is 1.15.